The Morgan fingerprint density at radius 1 is 0.744 bits per heavy atom. The molecule has 43 heavy (non-hydrogen) atoms. The molecule has 0 unspecified atom stereocenters. The van der Waals surface area contributed by atoms with E-state index in [1.165, 1.54) is 37.5 Å². The van der Waals surface area contributed by atoms with Crippen molar-refractivity contribution in [3.63, 3.8) is 0 Å². The predicted molar refractivity (Wildman–Crippen MR) is 175 cm³/mol. The van der Waals surface area contributed by atoms with Crippen LogP contribution in [0.4, 0.5) is 14.5 Å². The van der Waals surface area contributed by atoms with E-state index in [1.807, 2.05) is 62.4 Å². The minimum absolute atomic E-state index is 0.0810. The Morgan fingerprint density at radius 3 is 1.51 bits per heavy atom. The number of benzene rings is 3. The molecule has 5 rings (SSSR count). The number of rotatable bonds is 6. The van der Waals surface area contributed by atoms with E-state index in [-0.39, 0.29) is 23.2 Å². The molecule has 2 aliphatic rings. The predicted octanol–water partition coefficient (Wildman–Crippen LogP) is 9.66. The van der Waals surface area contributed by atoms with Gasteiger partial charge in [-0.3, -0.25) is 4.79 Å². The highest BCUT2D eigenvalue weighted by molar-refractivity contribution is 5.97. The average Bonchev–Trinajstić information content (AvgIpc) is 3.67. The van der Waals surface area contributed by atoms with Gasteiger partial charge in [-0.15, -0.1) is 8.78 Å². The lowest BCUT2D eigenvalue weighted by Gasteiger charge is -2.08. The van der Waals surface area contributed by atoms with Crippen molar-refractivity contribution in [2.24, 2.45) is 17.8 Å². The number of carbonyl (C=O) groups is 1. The number of hydrogen-bond acceptors (Lipinski definition) is 5. The van der Waals surface area contributed by atoms with E-state index in [1.54, 1.807) is 12.1 Å². The average molecular weight is 599 g/mol. The van der Waals surface area contributed by atoms with Crippen LogP contribution in [0, 0.1) is 17.8 Å². The molecule has 238 valence electrons. The normalized spacial score (nSPS) is 13.8. The lowest BCUT2D eigenvalue weighted by molar-refractivity contribution is -0.286. The molecule has 0 spiro atoms. The topological polar surface area (TPSA) is 50.6 Å². The smallest absolute Gasteiger partial charge is 0.395 e. The number of alkyl halides is 2. The maximum Gasteiger partial charge on any atom is 0.586 e. The van der Waals surface area contributed by atoms with Crippen LogP contribution in [0.5, 0.6) is 11.5 Å². The first-order valence-corrected chi connectivity index (χ1v) is 15.2. The highest BCUT2D eigenvalue weighted by Gasteiger charge is 2.42. The van der Waals surface area contributed by atoms with E-state index in [2.05, 4.69) is 80.3 Å². The summed E-state index contributed by atoms with van der Waals surface area (Å²) >= 11 is 0. The standard InChI is InChI=1S/C10H12O.C9H13N.C7H4F2O2.C6H13N.C4H10/c1-8(2)10(11)9-6-4-3-5-7-9;1-8(2)10-9-6-4-3-5-7-9;8-7(9)10-5-3-1-2-4-6(5)11-7;1-6(2)5-7-3-4-7;1-4(2)3/h3-8H,1-2H3;3-8,10H,1-2H3;1-4H;6H,3-5H2,1-2H3;4H,1-3H3. The Hall–Kier alpha value is -3.45. The van der Waals surface area contributed by atoms with Crippen LogP contribution in [0.15, 0.2) is 84.9 Å². The first kappa shape index (κ1) is 37.6. The second kappa shape index (κ2) is 19.7. The van der Waals surface area contributed by atoms with Gasteiger partial charge in [0.1, 0.15) is 0 Å². The van der Waals surface area contributed by atoms with Crippen LogP contribution < -0.4 is 14.8 Å². The molecule has 2 aliphatic heterocycles. The Labute approximate surface area is 258 Å². The minimum atomic E-state index is -3.50. The quantitative estimate of drug-likeness (QED) is 0.226. The summed E-state index contributed by atoms with van der Waals surface area (Å²) in [6, 6.07) is 26.2. The molecule has 0 aromatic heterocycles. The highest BCUT2D eigenvalue weighted by atomic mass is 19.3. The molecule has 7 heteroatoms. The third kappa shape index (κ3) is 18.6. The molecule has 3 aromatic rings. The molecule has 5 nitrogen and oxygen atoms in total. The maximum absolute atomic E-state index is 12.3. The molecule has 0 bridgehead atoms. The Bertz CT molecular complexity index is 1120. The summed E-state index contributed by atoms with van der Waals surface area (Å²) in [5.41, 5.74) is 2.00. The van der Waals surface area contributed by atoms with E-state index in [0.29, 0.717) is 6.04 Å². The third-order valence-corrected chi connectivity index (χ3v) is 5.28. The summed E-state index contributed by atoms with van der Waals surface area (Å²) in [6.07, 6.45) is -3.50. The number of ether oxygens (including phenoxy) is 2. The number of ketones is 1. The molecule has 0 atom stereocenters. The molecule has 3 aromatic carbocycles. The van der Waals surface area contributed by atoms with E-state index >= 15 is 0 Å². The van der Waals surface area contributed by atoms with Crippen LogP contribution in [0.25, 0.3) is 0 Å². The second-order valence-electron chi connectivity index (χ2n) is 12.1. The molecule has 2 heterocycles. The molecule has 1 fully saturated rings. The first-order valence-electron chi connectivity index (χ1n) is 15.2. The number of nitrogens with zero attached hydrogens (tertiary/aromatic N) is 1. The lowest BCUT2D eigenvalue weighted by Crippen LogP contribution is -2.25. The zero-order valence-electron chi connectivity index (χ0n) is 27.4. The van der Waals surface area contributed by atoms with Gasteiger partial charge in [-0.1, -0.05) is 109 Å². The summed E-state index contributed by atoms with van der Waals surface area (Å²) in [7, 11) is 0. The van der Waals surface area contributed by atoms with Gasteiger partial charge in [-0.05, 0) is 49.9 Å². The van der Waals surface area contributed by atoms with Gasteiger partial charge in [0, 0.05) is 42.8 Å². The van der Waals surface area contributed by atoms with Crippen LogP contribution in [0.1, 0.15) is 72.7 Å². The minimum Gasteiger partial charge on any atom is -0.395 e. The van der Waals surface area contributed by atoms with Crippen LogP contribution >= 0.6 is 0 Å². The number of halogens is 2. The van der Waals surface area contributed by atoms with Gasteiger partial charge >= 0.3 is 6.29 Å². The van der Waals surface area contributed by atoms with Crippen molar-refractivity contribution < 1.29 is 23.0 Å². The molecule has 0 aliphatic carbocycles. The lowest BCUT2D eigenvalue weighted by atomic mass is 10.0. The van der Waals surface area contributed by atoms with Crippen LogP contribution in [-0.4, -0.2) is 42.7 Å². The van der Waals surface area contributed by atoms with E-state index < -0.39 is 6.29 Å². The van der Waals surface area contributed by atoms with Crippen LogP contribution in [0.2, 0.25) is 0 Å². The highest BCUT2D eigenvalue weighted by Crippen LogP contribution is 2.40. The number of fused-ring (bicyclic) bond motifs is 1. The van der Waals surface area contributed by atoms with Crippen molar-refractivity contribution in [2.75, 3.05) is 25.0 Å². The number of para-hydroxylation sites is 3. The third-order valence-electron chi connectivity index (χ3n) is 5.28. The number of hydrogen-bond donors (Lipinski definition) is 1. The van der Waals surface area contributed by atoms with Crippen molar-refractivity contribution >= 4 is 11.5 Å². The maximum atomic E-state index is 12.3. The Balaban J connectivity index is 0.000000278. The van der Waals surface area contributed by atoms with E-state index in [4.69, 9.17) is 0 Å². The summed E-state index contributed by atoms with van der Waals surface area (Å²) in [5, 5.41) is 3.30. The number of Topliss-reactive ketones (excluding diaryl/α,β-unsaturated/α-hetero) is 1. The summed E-state index contributed by atoms with van der Waals surface area (Å²) in [5.74, 6) is 2.17. The van der Waals surface area contributed by atoms with Crippen molar-refractivity contribution in [1.29, 1.82) is 0 Å². The molecular weight excluding hydrogens is 546 g/mol. The van der Waals surface area contributed by atoms with Gasteiger partial charge in [0.05, 0.1) is 0 Å². The SMILES string of the molecule is CC(C)C.CC(C)C(=O)c1ccccc1.CC(C)CN1CC1.CC(C)Nc1ccccc1.FC1(F)Oc2ccccc2O1. The fraction of sp³-hybridized carbons (Fsp3) is 0.472. The van der Waals surface area contributed by atoms with Gasteiger partial charge < -0.3 is 19.7 Å². The van der Waals surface area contributed by atoms with Gasteiger partial charge in [0.25, 0.3) is 0 Å². The molecule has 1 saturated heterocycles. The van der Waals surface area contributed by atoms with Gasteiger partial charge in [0.15, 0.2) is 17.3 Å². The van der Waals surface area contributed by atoms with Crippen LogP contribution in [-0.2, 0) is 0 Å². The fourth-order valence-electron chi connectivity index (χ4n) is 3.47. The number of nitrogens with one attached hydrogen (secondary N) is 1. The van der Waals surface area contributed by atoms with Crippen LogP contribution in [0.3, 0.4) is 0 Å². The first-order chi connectivity index (χ1) is 20.2. The summed E-state index contributed by atoms with van der Waals surface area (Å²) in [4.78, 5) is 13.8. The number of anilines is 1. The number of carbonyl (C=O) groups excluding carboxylic acids is 1. The van der Waals surface area contributed by atoms with Crippen molar-refractivity contribution in [3.8, 4) is 11.5 Å². The van der Waals surface area contributed by atoms with Crippen molar-refractivity contribution in [1.82, 2.24) is 4.90 Å². The molecule has 1 N–H and O–H groups in total. The summed E-state index contributed by atoms with van der Waals surface area (Å²) < 4.78 is 32.9. The van der Waals surface area contributed by atoms with Crippen molar-refractivity contribution in [2.45, 2.75) is 74.7 Å². The monoisotopic (exact) mass is 598 g/mol. The van der Waals surface area contributed by atoms with Gasteiger partial charge in [0.2, 0.25) is 0 Å². The van der Waals surface area contributed by atoms with Gasteiger partial charge in [-0.25, -0.2) is 0 Å². The Kier molecular flexibility index (Phi) is 17.2. The Morgan fingerprint density at radius 2 is 1.16 bits per heavy atom. The second-order valence-corrected chi connectivity index (χ2v) is 12.1. The van der Waals surface area contributed by atoms with Crippen molar-refractivity contribution in [3.05, 3.63) is 90.5 Å². The largest absolute Gasteiger partial charge is 0.586 e. The van der Waals surface area contributed by atoms with E-state index in [0.717, 1.165) is 17.4 Å². The fourth-order valence-corrected chi connectivity index (χ4v) is 3.47. The molecule has 0 amide bonds. The van der Waals surface area contributed by atoms with E-state index in [9.17, 15) is 13.6 Å². The summed E-state index contributed by atoms with van der Waals surface area (Å²) in [6.45, 7) is 23.1. The molecule has 0 saturated carbocycles. The molecule has 0 radical (unpaired) electrons. The van der Waals surface area contributed by atoms with Gasteiger partial charge in [-0.2, -0.15) is 0 Å². The molecular formula is C36H52F2N2O3. The zero-order valence-corrected chi connectivity index (χ0v) is 27.4. The zero-order chi connectivity index (χ0) is 32.4.